The molecule has 2 nitrogen and oxygen atoms in total. The molecule has 0 saturated carbocycles. The molecule has 0 spiro atoms. The van der Waals surface area contributed by atoms with Gasteiger partial charge in [-0.1, -0.05) is 17.7 Å². The van der Waals surface area contributed by atoms with Crippen LogP contribution in [0.5, 0.6) is 0 Å². The van der Waals surface area contributed by atoms with Gasteiger partial charge in [-0.3, -0.25) is 0 Å². The van der Waals surface area contributed by atoms with E-state index in [0.717, 1.165) is 23.8 Å². The van der Waals surface area contributed by atoms with Gasteiger partial charge in [0.1, 0.15) is 17.5 Å². The summed E-state index contributed by atoms with van der Waals surface area (Å²) in [4.78, 5) is 0. The van der Waals surface area contributed by atoms with Crippen LogP contribution in [0.15, 0.2) is 36.4 Å². The molecular weight excluding hydrogens is 279 g/mol. The van der Waals surface area contributed by atoms with Crippen molar-refractivity contribution in [3.05, 3.63) is 70.5 Å². The van der Waals surface area contributed by atoms with E-state index in [1.165, 1.54) is 12.1 Å². The van der Waals surface area contributed by atoms with Gasteiger partial charge in [0.05, 0.1) is 6.10 Å². The van der Waals surface area contributed by atoms with Crippen LogP contribution in [0.3, 0.4) is 0 Å². The van der Waals surface area contributed by atoms with Crippen LogP contribution in [0.25, 0.3) is 0 Å². The lowest BCUT2D eigenvalue weighted by Gasteiger charge is -2.23. The molecule has 2 aromatic rings. The van der Waals surface area contributed by atoms with Crippen molar-refractivity contribution in [1.29, 1.82) is 0 Å². The van der Waals surface area contributed by atoms with Gasteiger partial charge in [0, 0.05) is 24.1 Å². The molecule has 0 radical (unpaired) electrons. The Morgan fingerprint density at radius 3 is 2.24 bits per heavy atom. The van der Waals surface area contributed by atoms with Gasteiger partial charge in [-0.05, 0) is 30.7 Å². The zero-order valence-corrected chi connectivity index (χ0v) is 11.5. The number of hydrogen-bond acceptors (Lipinski definition) is 2. The normalized spacial score (nSPS) is 14.0. The van der Waals surface area contributed by atoms with Crippen molar-refractivity contribution in [2.45, 2.75) is 18.9 Å². The van der Waals surface area contributed by atoms with Gasteiger partial charge in [-0.15, -0.1) is 0 Å². The number of halogens is 3. The Labute approximate surface area is 121 Å². The lowest BCUT2D eigenvalue weighted by atomic mass is 9.88. The summed E-state index contributed by atoms with van der Waals surface area (Å²) in [5, 5.41) is 10.4. The van der Waals surface area contributed by atoms with Gasteiger partial charge in [0.15, 0.2) is 0 Å². The van der Waals surface area contributed by atoms with Gasteiger partial charge in [-0.25, -0.2) is 13.2 Å². The molecule has 0 saturated heterocycles. The molecule has 5 heteroatoms. The monoisotopic (exact) mass is 295 g/mol. The zero-order chi connectivity index (χ0) is 15.6. The van der Waals surface area contributed by atoms with Crippen LogP contribution >= 0.6 is 0 Å². The number of aliphatic hydroxyl groups excluding tert-OH is 1. The third kappa shape index (κ3) is 3.43. The van der Waals surface area contributed by atoms with Crippen molar-refractivity contribution in [3.8, 4) is 0 Å². The van der Waals surface area contributed by atoms with Crippen LogP contribution in [0.2, 0.25) is 0 Å². The molecule has 2 rings (SSSR count). The average molecular weight is 295 g/mol. The van der Waals surface area contributed by atoms with Gasteiger partial charge >= 0.3 is 0 Å². The first-order chi connectivity index (χ1) is 9.92. The Bertz CT molecular complexity index is 625. The molecule has 2 unspecified atom stereocenters. The molecule has 112 valence electrons. The molecule has 0 aliphatic carbocycles. The number of aliphatic hydroxyl groups is 1. The number of rotatable bonds is 4. The summed E-state index contributed by atoms with van der Waals surface area (Å²) in [6.45, 7) is 1.69. The first kappa shape index (κ1) is 15.5. The highest BCUT2D eigenvalue weighted by Gasteiger charge is 2.25. The molecule has 0 heterocycles. The van der Waals surface area contributed by atoms with E-state index in [1.807, 2.05) is 0 Å². The van der Waals surface area contributed by atoms with Gasteiger partial charge in [0.25, 0.3) is 0 Å². The zero-order valence-electron chi connectivity index (χ0n) is 11.5. The van der Waals surface area contributed by atoms with Crippen LogP contribution in [0, 0.1) is 24.4 Å². The molecule has 0 bridgehead atoms. The highest BCUT2D eigenvalue weighted by molar-refractivity contribution is 5.31. The molecule has 2 aromatic carbocycles. The van der Waals surface area contributed by atoms with E-state index in [0.29, 0.717) is 0 Å². The Morgan fingerprint density at radius 1 is 1.05 bits per heavy atom. The Morgan fingerprint density at radius 2 is 1.67 bits per heavy atom. The van der Waals surface area contributed by atoms with Gasteiger partial charge in [0.2, 0.25) is 0 Å². The Hall–Kier alpha value is -1.85. The highest BCUT2D eigenvalue weighted by atomic mass is 19.1. The molecule has 0 amide bonds. The second-order valence-corrected chi connectivity index (χ2v) is 5.01. The van der Waals surface area contributed by atoms with Crippen molar-refractivity contribution in [1.82, 2.24) is 0 Å². The summed E-state index contributed by atoms with van der Waals surface area (Å²) < 4.78 is 40.4. The van der Waals surface area contributed by atoms with Crippen molar-refractivity contribution in [2.75, 3.05) is 6.54 Å². The Balaban J connectivity index is 2.42. The first-order valence-electron chi connectivity index (χ1n) is 6.52. The number of hydrogen-bond donors (Lipinski definition) is 2. The van der Waals surface area contributed by atoms with Gasteiger partial charge in [-0.2, -0.15) is 0 Å². The summed E-state index contributed by atoms with van der Waals surface area (Å²) in [6, 6.07) is 7.24. The second kappa shape index (κ2) is 6.28. The van der Waals surface area contributed by atoms with Crippen LogP contribution in [0.4, 0.5) is 13.2 Å². The van der Waals surface area contributed by atoms with Gasteiger partial charge < -0.3 is 10.8 Å². The quantitative estimate of drug-likeness (QED) is 0.910. The topological polar surface area (TPSA) is 46.2 Å². The van der Waals surface area contributed by atoms with Crippen molar-refractivity contribution in [3.63, 3.8) is 0 Å². The average Bonchev–Trinajstić information content (AvgIpc) is 2.41. The second-order valence-electron chi connectivity index (χ2n) is 5.01. The maximum Gasteiger partial charge on any atom is 0.129 e. The molecule has 21 heavy (non-hydrogen) atoms. The molecule has 2 atom stereocenters. The third-order valence-electron chi connectivity index (χ3n) is 3.42. The first-order valence-corrected chi connectivity index (χ1v) is 6.52. The fraction of sp³-hybridized carbons (Fsp3) is 0.250. The number of nitrogens with two attached hydrogens (primary N) is 1. The number of aryl methyl sites for hydroxylation is 1. The Kier molecular flexibility index (Phi) is 4.65. The van der Waals surface area contributed by atoms with E-state index in [1.54, 1.807) is 13.0 Å². The fourth-order valence-corrected chi connectivity index (χ4v) is 2.34. The van der Waals surface area contributed by atoms with E-state index in [2.05, 4.69) is 0 Å². The van der Waals surface area contributed by atoms with Crippen LogP contribution < -0.4 is 5.73 Å². The summed E-state index contributed by atoms with van der Waals surface area (Å²) in [5.74, 6) is -2.91. The molecule has 3 N–H and O–H groups in total. The minimum absolute atomic E-state index is 0.0649. The minimum Gasteiger partial charge on any atom is -0.388 e. The lowest BCUT2D eigenvalue weighted by Crippen LogP contribution is -2.21. The van der Waals surface area contributed by atoms with E-state index in [4.69, 9.17) is 5.73 Å². The van der Waals surface area contributed by atoms with E-state index in [9.17, 15) is 18.3 Å². The largest absolute Gasteiger partial charge is 0.388 e. The van der Waals surface area contributed by atoms with Crippen molar-refractivity contribution < 1.29 is 18.3 Å². The predicted octanol–water partition coefficient (Wildman–Crippen LogP) is 3.19. The maximum absolute atomic E-state index is 13.8. The third-order valence-corrected chi connectivity index (χ3v) is 3.42. The minimum atomic E-state index is -1.28. The van der Waals surface area contributed by atoms with Crippen LogP contribution in [0.1, 0.15) is 28.7 Å². The lowest BCUT2D eigenvalue weighted by molar-refractivity contribution is 0.143. The predicted molar refractivity (Wildman–Crippen MR) is 74.3 cm³/mol. The summed E-state index contributed by atoms with van der Waals surface area (Å²) in [7, 11) is 0. The SMILES string of the molecule is Cc1ccc(F)c(C(O)C(CN)c2cc(F)cc(F)c2)c1. The smallest absolute Gasteiger partial charge is 0.129 e. The van der Waals surface area contributed by atoms with E-state index < -0.39 is 29.5 Å². The maximum atomic E-state index is 13.8. The van der Waals surface area contributed by atoms with Crippen LogP contribution in [-0.2, 0) is 0 Å². The van der Waals surface area contributed by atoms with Crippen LogP contribution in [-0.4, -0.2) is 11.7 Å². The highest BCUT2D eigenvalue weighted by Crippen LogP contribution is 2.32. The summed E-state index contributed by atoms with van der Waals surface area (Å²) >= 11 is 0. The number of benzene rings is 2. The molecule has 0 aliphatic rings. The molecule has 0 fully saturated rings. The molecular formula is C16H16F3NO. The van der Waals surface area contributed by atoms with E-state index in [-0.39, 0.29) is 17.7 Å². The van der Waals surface area contributed by atoms with E-state index >= 15 is 0 Å². The fourth-order valence-electron chi connectivity index (χ4n) is 2.34. The standard InChI is InChI=1S/C16H16F3NO/c1-9-2-3-15(19)13(4-9)16(21)14(8-20)10-5-11(17)7-12(18)6-10/h2-7,14,16,21H,8,20H2,1H3. The molecule has 0 aromatic heterocycles. The van der Waals surface area contributed by atoms with Crippen molar-refractivity contribution >= 4 is 0 Å². The summed E-state index contributed by atoms with van der Waals surface area (Å²) in [6.07, 6.45) is -1.28. The van der Waals surface area contributed by atoms with Crippen molar-refractivity contribution in [2.24, 2.45) is 5.73 Å². The summed E-state index contributed by atoms with van der Waals surface area (Å²) in [5.41, 5.74) is 6.64. The molecule has 0 aliphatic heterocycles.